The predicted octanol–water partition coefficient (Wildman–Crippen LogP) is 1.73. The number of nitrogens with zero attached hydrogens (tertiary/aromatic N) is 1. The molecule has 2 heterocycles. The van der Waals surface area contributed by atoms with Crippen LogP contribution >= 0.6 is 0 Å². The summed E-state index contributed by atoms with van der Waals surface area (Å²) in [5.41, 5.74) is 0.0627. The first-order valence-electron chi connectivity index (χ1n) is 7.77. The van der Waals surface area contributed by atoms with Crippen molar-refractivity contribution in [2.45, 2.75) is 12.5 Å². The summed E-state index contributed by atoms with van der Waals surface area (Å²) in [7, 11) is 1.90. The van der Waals surface area contributed by atoms with Gasteiger partial charge in [-0.1, -0.05) is 6.07 Å². The fourth-order valence-electron chi connectivity index (χ4n) is 2.53. The van der Waals surface area contributed by atoms with E-state index < -0.39 is 17.4 Å². The molecule has 1 aromatic carbocycles. The topological polar surface area (TPSA) is 96.5 Å². The van der Waals surface area contributed by atoms with Crippen LogP contribution in [0.5, 0.6) is 0 Å². The number of carbonyl (C=O) groups is 2. The summed E-state index contributed by atoms with van der Waals surface area (Å²) in [5.74, 6) is -1.33. The Morgan fingerprint density at radius 2 is 2.04 bits per heavy atom. The molecule has 25 heavy (non-hydrogen) atoms. The molecule has 0 radical (unpaired) electrons. The Balaban J connectivity index is 1.62. The number of aliphatic hydroxyl groups is 1. The fraction of sp³-hybridized carbons (Fsp3) is 0.222. The van der Waals surface area contributed by atoms with Gasteiger partial charge >= 0.3 is 11.8 Å². The summed E-state index contributed by atoms with van der Waals surface area (Å²) in [6, 6.07) is 10.6. The summed E-state index contributed by atoms with van der Waals surface area (Å²) >= 11 is 0. The second kappa shape index (κ2) is 6.45. The molecule has 3 N–H and O–H groups in total. The number of hydrogen-bond acceptors (Lipinski definition) is 4. The van der Waals surface area contributed by atoms with Crippen molar-refractivity contribution in [1.29, 1.82) is 0 Å². The second-order valence-corrected chi connectivity index (χ2v) is 6.09. The van der Waals surface area contributed by atoms with E-state index in [4.69, 9.17) is 4.42 Å². The van der Waals surface area contributed by atoms with Crippen LogP contribution < -0.4 is 10.6 Å². The average molecular weight is 341 g/mol. The lowest BCUT2D eigenvalue weighted by molar-refractivity contribution is -0.136. The molecule has 2 aromatic heterocycles. The van der Waals surface area contributed by atoms with Gasteiger partial charge in [0.05, 0.1) is 12.8 Å². The molecule has 0 aliphatic rings. The molecule has 7 heteroatoms. The minimum atomic E-state index is -1.40. The number of hydrogen-bond donors (Lipinski definition) is 3. The van der Waals surface area contributed by atoms with E-state index in [9.17, 15) is 14.7 Å². The van der Waals surface area contributed by atoms with Crippen molar-refractivity contribution in [2.24, 2.45) is 7.05 Å². The van der Waals surface area contributed by atoms with Crippen molar-refractivity contribution in [3.63, 3.8) is 0 Å². The molecule has 1 unspecified atom stereocenters. The number of carbonyl (C=O) groups excluding carboxylic acids is 2. The van der Waals surface area contributed by atoms with E-state index in [1.165, 1.54) is 13.2 Å². The molecule has 3 rings (SSSR count). The Morgan fingerprint density at radius 3 is 2.76 bits per heavy atom. The molecule has 0 aliphatic carbocycles. The second-order valence-electron chi connectivity index (χ2n) is 6.09. The van der Waals surface area contributed by atoms with E-state index in [-0.39, 0.29) is 6.54 Å². The maximum absolute atomic E-state index is 12.0. The van der Waals surface area contributed by atoms with Crippen molar-refractivity contribution in [3.8, 4) is 0 Å². The van der Waals surface area contributed by atoms with E-state index in [1.807, 2.05) is 29.9 Å². The number of nitrogens with one attached hydrogen (secondary N) is 2. The van der Waals surface area contributed by atoms with Crippen LogP contribution in [0.1, 0.15) is 12.7 Å². The van der Waals surface area contributed by atoms with Crippen LogP contribution in [0.2, 0.25) is 0 Å². The fourth-order valence-corrected chi connectivity index (χ4v) is 2.53. The number of fused-ring (bicyclic) bond motifs is 1. The molecule has 3 aromatic rings. The van der Waals surface area contributed by atoms with Crippen molar-refractivity contribution in [1.82, 2.24) is 9.88 Å². The zero-order valence-electron chi connectivity index (χ0n) is 13.9. The van der Waals surface area contributed by atoms with Gasteiger partial charge in [0.2, 0.25) is 0 Å². The van der Waals surface area contributed by atoms with Gasteiger partial charge in [0, 0.05) is 24.4 Å². The van der Waals surface area contributed by atoms with Gasteiger partial charge in [-0.2, -0.15) is 0 Å². The minimum absolute atomic E-state index is 0.149. The van der Waals surface area contributed by atoms with Gasteiger partial charge in [0.15, 0.2) is 0 Å². The number of aryl methyl sites for hydroxylation is 1. The van der Waals surface area contributed by atoms with E-state index in [0.717, 1.165) is 10.9 Å². The van der Waals surface area contributed by atoms with Crippen LogP contribution in [-0.4, -0.2) is 28.0 Å². The van der Waals surface area contributed by atoms with Gasteiger partial charge in [-0.25, -0.2) is 0 Å². The van der Waals surface area contributed by atoms with Gasteiger partial charge < -0.3 is 24.7 Å². The van der Waals surface area contributed by atoms with Crippen LogP contribution in [0.25, 0.3) is 10.9 Å². The highest BCUT2D eigenvalue weighted by atomic mass is 16.4. The zero-order chi connectivity index (χ0) is 18.0. The van der Waals surface area contributed by atoms with Gasteiger partial charge in [-0.05, 0) is 42.6 Å². The van der Waals surface area contributed by atoms with Crippen molar-refractivity contribution in [3.05, 3.63) is 54.6 Å². The van der Waals surface area contributed by atoms with Crippen molar-refractivity contribution >= 4 is 28.4 Å². The molecule has 2 amide bonds. The number of furan rings is 1. The van der Waals surface area contributed by atoms with E-state index in [0.29, 0.717) is 11.4 Å². The predicted molar refractivity (Wildman–Crippen MR) is 92.8 cm³/mol. The standard InChI is InChI=1S/C18H19N3O4/c1-18(24,15-4-3-9-25-15)11-19-16(22)17(23)20-13-6-5-12-7-8-21(2)14(12)10-13/h3-10,24H,11H2,1-2H3,(H,19,22)(H,20,23). The third-order valence-corrected chi connectivity index (χ3v) is 4.00. The first kappa shape index (κ1) is 16.8. The molecule has 0 aliphatic heterocycles. The molecule has 0 saturated heterocycles. The highest BCUT2D eigenvalue weighted by Gasteiger charge is 2.28. The smallest absolute Gasteiger partial charge is 0.313 e. The Bertz CT molecular complexity index is 910. The molecule has 0 saturated carbocycles. The first-order valence-corrected chi connectivity index (χ1v) is 7.77. The number of anilines is 1. The van der Waals surface area contributed by atoms with Crippen LogP contribution in [0.15, 0.2) is 53.3 Å². The monoisotopic (exact) mass is 341 g/mol. The quantitative estimate of drug-likeness (QED) is 0.630. The molecular formula is C18H19N3O4. The third-order valence-electron chi connectivity index (χ3n) is 4.00. The molecule has 0 spiro atoms. The summed E-state index contributed by atoms with van der Waals surface area (Å²) in [6.45, 7) is 1.34. The zero-order valence-corrected chi connectivity index (χ0v) is 13.9. The Hall–Kier alpha value is -3.06. The van der Waals surface area contributed by atoms with Gasteiger partial charge in [-0.3, -0.25) is 9.59 Å². The first-order chi connectivity index (χ1) is 11.9. The van der Waals surface area contributed by atoms with Crippen LogP contribution in [0.4, 0.5) is 5.69 Å². The molecule has 0 bridgehead atoms. The van der Waals surface area contributed by atoms with Gasteiger partial charge in [-0.15, -0.1) is 0 Å². The van der Waals surface area contributed by atoms with E-state index in [1.54, 1.807) is 24.3 Å². The lowest BCUT2D eigenvalue weighted by Crippen LogP contribution is -2.43. The van der Waals surface area contributed by atoms with E-state index >= 15 is 0 Å². The van der Waals surface area contributed by atoms with Crippen molar-refractivity contribution < 1.29 is 19.1 Å². The molecule has 0 fully saturated rings. The number of benzene rings is 1. The molecular weight excluding hydrogens is 322 g/mol. The lowest BCUT2D eigenvalue weighted by atomic mass is 10.0. The van der Waals surface area contributed by atoms with Gasteiger partial charge in [0.1, 0.15) is 11.4 Å². The summed E-state index contributed by atoms with van der Waals surface area (Å²) in [4.78, 5) is 24.0. The Morgan fingerprint density at radius 1 is 1.24 bits per heavy atom. The normalized spacial score (nSPS) is 13.4. The largest absolute Gasteiger partial charge is 0.466 e. The van der Waals surface area contributed by atoms with E-state index in [2.05, 4.69) is 10.6 Å². The SMILES string of the molecule is Cn1ccc2ccc(NC(=O)C(=O)NCC(C)(O)c3ccco3)cc21. The lowest BCUT2D eigenvalue weighted by Gasteiger charge is -2.20. The summed E-state index contributed by atoms with van der Waals surface area (Å²) in [6.07, 6.45) is 3.34. The van der Waals surface area contributed by atoms with Crippen molar-refractivity contribution in [2.75, 3.05) is 11.9 Å². The minimum Gasteiger partial charge on any atom is -0.466 e. The molecule has 7 nitrogen and oxygen atoms in total. The number of aromatic nitrogens is 1. The highest BCUT2D eigenvalue weighted by Crippen LogP contribution is 2.21. The van der Waals surface area contributed by atoms with Crippen LogP contribution in [0, 0.1) is 0 Å². The maximum atomic E-state index is 12.0. The Kier molecular flexibility index (Phi) is 4.33. The van der Waals surface area contributed by atoms with Crippen LogP contribution in [0.3, 0.4) is 0 Å². The highest BCUT2D eigenvalue weighted by molar-refractivity contribution is 6.39. The van der Waals surface area contributed by atoms with Crippen LogP contribution in [-0.2, 0) is 22.2 Å². The summed E-state index contributed by atoms with van der Waals surface area (Å²) in [5, 5.41) is 16.3. The maximum Gasteiger partial charge on any atom is 0.313 e. The average Bonchev–Trinajstić information content (AvgIpc) is 3.24. The molecule has 130 valence electrons. The third kappa shape index (κ3) is 3.56. The number of rotatable bonds is 4. The summed E-state index contributed by atoms with van der Waals surface area (Å²) < 4.78 is 7.05. The Labute approximate surface area is 144 Å². The van der Waals surface area contributed by atoms with Gasteiger partial charge in [0.25, 0.3) is 0 Å². The number of amides is 2. The molecule has 1 atom stereocenters.